The molecule has 0 unspecified atom stereocenters. The topological polar surface area (TPSA) is 58.9 Å². The van der Waals surface area contributed by atoms with E-state index in [9.17, 15) is 4.79 Å². The van der Waals surface area contributed by atoms with Gasteiger partial charge in [0.25, 0.3) is 0 Å². The minimum atomic E-state index is -0.0708. The second-order valence-electron chi connectivity index (χ2n) is 3.02. The van der Waals surface area contributed by atoms with Gasteiger partial charge in [0.15, 0.2) is 5.78 Å². The van der Waals surface area contributed by atoms with Crippen LogP contribution in [0.15, 0.2) is 24.4 Å². The number of Topliss-reactive ketones (excluding diaryl/α,β-unsaturated/α-hetero) is 1. The number of aromatic amines is 1. The number of aromatic nitrogens is 1. The monoisotopic (exact) mass is 208 g/mol. The Balaban J connectivity index is 2.64. The number of ketones is 1. The standard InChI is InChI=1S/C10H9ClN2O/c11-6-1-2-7-8(10(14)4-12)5-13-9(7)3-6/h1-3,5,13H,4,12H2. The predicted octanol–water partition coefficient (Wildman–Crippen LogP) is 1.96. The number of hydrogen-bond acceptors (Lipinski definition) is 2. The van der Waals surface area contributed by atoms with Gasteiger partial charge < -0.3 is 10.7 Å². The Morgan fingerprint density at radius 2 is 2.29 bits per heavy atom. The molecule has 0 spiro atoms. The van der Waals surface area contributed by atoms with E-state index in [-0.39, 0.29) is 12.3 Å². The van der Waals surface area contributed by atoms with Crippen LogP contribution < -0.4 is 5.73 Å². The lowest BCUT2D eigenvalue weighted by Crippen LogP contribution is -2.12. The first-order valence-electron chi connectivity index (χ1n) is 4.22. The van der Waals surface area contributed by atoms with Gasteiger partial charge in [-0.25, -0.2) is 0 Å². The van der Waals surface area contributed by atoms with Crippen LogP contribution in [0.2, 0.25) is 5.02 Å². The molecule has 0 saturated heterocycles. The Bertz CT molecular complexity index is 490. The highest BCUT2D eigenvalue weighted by Crippen LogP contribution is 2.21. The molecule has 1 heterocycles. The van der Waals surface area contributed by atoms with Crippen molar-refractivity contribution in [1.82, 2.24) is 4.98 Å². The molecule has 0 bridgehead atoms. The molecule has 0 radical (unpaired) electrons. The van der Waals surface area contributed by atoms with Crippen LogP contribution in [0.4, 0.5) is 0 Å². The van der Waals surface area contributed by atoms with Gasteiger partial charge in [-0.2, -0.15) is 0 Å². The third-order valence-corrected chi connectivity index (χ3v) is 2.36. The van der Waals surface area contributed by atoms with Crippen LogP contribution >= 0.6 is 11.6 Å². The van der Waals surface area contributed by atoms with E-state index in [0.717, 1.165) is 10.9 Å². The summed E-state index contributed by atoms with van der Waals surface area (Å²) >= 11 is 5.81. The summed E-state index contributed by atoms with van der Waals surface area (Å²) in [6.07, 6.45) is 1.66. The van der Waals surface area contributed by atoms with Crippen LogP contribution in [0.25, 0.3) is 10.9 Å². The highest BCUT2D eigenvalue weighted by molar-refractivity contribution is 6.31. The fourth-order valence-corrected chi connectivity index (χ4v) is 1.61. The summed E-state index contributed by atoms with van der Waals surface area (Å²) in [5, 5.41) is 1.51. The van der Waals surface area contributed by atoms with Crippen molar-refractivity contribution in [1.29, 1.82) is 0 Å². The van der Waals surface area contributed by atoms with Gasteiger partial charge in [-0.15, -0.1) is 0 Å². The number of nitrogens with two attached hydrogens (primary N) is 1. The van der Waals surface area contributed by atoms with Crippen LogP contribution in [0, 0.1) is 0 Å². The third-order valence-electron chi connectivity index (χ3n) is 2.13. The second-order valence-corrected chi connectivity index (χ2v) is 3.46. The Morgan fingerprint density at radius 1 is 1.50 bits per heavy atom. The van der Waals surface area contributed by atoms with E-state index in [1.54, 1.807) is 18.3 Å². The number of nitrogens with one attached hydrogen (secondary N) is 1. The summed E-state index contributed by atoms with van der Waals surface area (Å²) in [5.74, 6) is -0.0708. The van der Waals surface area contributed by atoms with Crippen LogP contribution in [-0.4, -0.2) is 17.3 Å². The molecule has 0 amide bonds. The molecule has 2 aromatic rings. The second kappa shape index (κ2) is 3.44. The van der Waals surface area contributed by atoms with Gasteiger partial charge in [-0.1, -0.05) is 17.7 Å². The Morgan fingerprint density at radius 3 is 3.00 bits per heavy atom. The summed E-state index contributed by atoms with van der Waals surface area (Å²) in [6.45, 7) is 0.0234. The first-order chi connectivity index (χ1) is 6.72. The molecule has 3 nitrogen and oxygen atoms in total. The van der Waals surface area contributed by atoms with Crippen molar-refractivity contribution in [3.8, 4) is 0 Å². The third kappa shape index (κ3) is 1.41. The molecule has 4 heteroatoms. The zero-order valence-electron chi connectivity index (χ0n) is 7.38. The quantitative estimate of drug-likeness (QED) is 0.742. The van der Waals surface area contributed by atoms with Gasteiger partial charge in [0, 0.05) is 27.7 Å². The first kappa shape index (κ1) is 9.24. The van der Waals surface area contributed by atoms with Crippen LogP contribution in [0.5, 0.6) is 0 Å². The summed E-state index contributed by atoms with van der Waals surface area (Å²) in [4.78, 5) is 14.4. The zero-order chi connectivity index (χ0) is 10.1. The van der Waals surface area contributed by atoms with E-state index in [4.69, 9.17) is 17.3 Å². The maximum Gasteiger partial charge on any atom is 0.178 e. The molecular weight excluding hydrogens is 200 g/mol. The van der Waals surface area contributed by atoms with Crippen LogP contribution in [0.1, 0.15) is 10.4 Å². The zero-order valence-corrected chi connectivity index (χ0v) is 8.14. The number of carbonyl (C=O) groups is 1. The maximum atomic E-state index is 11.4. The lowest BCUT2D eigenvalue weighted by atomic mass is 10.1. The number of carbonyl (C=O) groups excluding carboxylic acids is 1. The molecule has 1 aromatic heterocycles. The molecule has 14 heavy (non-hydrogen) atoms. The first-order valence-corrected chi connectivity index (χ1v) is 4.60. The molecule has 0 fully saturated rings. The summed E-state index contributed by atoms with van der Waals surface area (Å²) in [6, 6.07) is 5.35. The van der Waals surface area contributed by atoms with Crippen molar-refractivity contribution in [3.63, 3.8) is 0 Å². The van der Waals surface area contributed by atoms with Crippen LogP contribution in [0.3, 0.4) is 0 Å². The smallest absolute Gasteiger partial charge is 0.178 e. The highest BCUT2D eigenvalue weighted by atomic mass is 35.5. The molecule has 2 rings (SSSR count). The molecule has 72 valence electrons. The summed E-state index contributed by atoms with van der Waals surface area (Å²) in [7, 11) is 0. The molecule has 0 atom stereocenters. The van der Waals surface area contributed by atoms with E-state index in [2.05, 4.69) is 4.98 Å². The highest BCUT2D eigenvalue weighted by Gasteiger charge is 2.09. The van der Waals surface area contributed by atoms with Crippen molar-refractivity contribution in [3.05, 3.63) is 35.0 Å². The van der Waals surface area contributed by atoms with E-state index >= 15 is 0 Å². The molecule has 0 aliphatic rings. The van der Waals surface area contributed by atoms with Gasteiger partial charge in [0.2, 0.25) is 0 Å². The number of benzene rings is 1. The van der Waals surface area contributed by atoms with Crippen molar-refractivity contribution in [2.75, 3.05) is 6.54 Å². The summed E-state index contributed by atoms with van der Waals surface area (Å²) in [5.41, 5.74) is 6.77. The normalized spacial score (nSPS) is 10.7. The minimum absolute atomic E-state index is 0.0234. The van der Waals surface area contributed by atoms with Crippen LogP contribution in [-0.2, 0) is 0 Å². The van der Waals surface area contributed by atoms with Gasteiger partial charge in [-0.05, 0) is 12.1 Å². The Hall–Kier alpha value is -1.32. The van der Waals surface area contributed by atoms with Gasteiger partial charge in [0.05, 0.1) is 6.54 Å². The van der Waals surface area contributed by atoms with Crippen molar-refractivity contribution < 1.29 is 4.79 Å². The van der Waals surface area contributed by atoms with Crippen molar-refractivity contribution in [2.45, 2.75) is 0 Å². The molecule has 1 aromatic carbocycles. The fourth-order valence-electron chi connectivity index (χ4n) is 1.44. The number of halogens is 1. The van der Waals surface area contributed by atoms with Gasteiger partial charge in [-0.3, -0.25) is 4.79 Å². The molecule has 0 aliphatic carbocycles. The van der Waals surface area contributed by atoms with E-state index in [1.165, 1.54) is 0 Å². The Labute approximate surface area is 85.9 Å². The maximum absolute atomic E-state index is 11.4. The largest absolute Gasteiger partial charge is 0.360 e. The van der Waals surface area contributed by atoms with Gasteiger partial charge in [0.1, 0.15) is 0 Å². The summed E-state index contributed by atoms with van der Waals surface area (Å²) < 4.78 is 0. The molecule has 0 aliphatic heterocycles. The lowest BCUT2D eigenvalue weighted by Gasteiger charge is -1.95. The average molecular weight is 209 g/mol. The SMILES string of the molecule is NCC(=O)c1c[nH]c2cc(Cl)ccc12. The Kier molecular flexibility index (Phi) is 2.27. The van der Waals surface area contributed by atoms with E-state index in [0.29, 0.717) is 10.6 Å². The number of fused-ring (bicyclic) bond motifs is 1. The fraction of sp³-hybridized carbons (Fsp3) is 0.100. The van der Waals surface area contributed by atoms with Crippen molar-refractivity contribution in [2.24, 2.45) is 5.73 Å². The lowest BCUT2D eigenvalue weighted by molar-refractivity contribution is 0.100. The van der Waals surface area contributed by atoms with E-state index < -0.39 is 0 Å². The van der Waals surface area contributed by atoms with Crippen molar-refractivity contribution >= 4 is 28.3 Å². The minimum Gasteiger partial charge on any atom is -0.360 e. The number of hydrogen-bond donors (Lipinski definition) is 2. The number of H-pyrrole nitrogens is 1. The predicted molar refractivity (Wildman–Crippen MR) is 56.7 cm³/mol. The molecular formula is C10H9ClN2O. The average Bonchev–Trinajstić information content (AvgIpc) is 2.59. The van der Waals surface area contributed by atoms with Gasteiger partial charge >= 0.3 is 0 Å². The molecule has 3 N–H and O–H groups in total. The van der Waals surface area contributed by atoms with E-state index in [1.807, 2.05) is 6.07 Å². The molecule has 0 saturated carbocycles. The number of rotatable bonds is 2.